The van der Waals surface area contributed by atoms with Crippen molar-refractivity contribution in [1.82, 2.24) is 4.90 Å². The van der Waals surface area contributed by atoms with Crippen molar-refractivity contribution in [2.75, 3.05) is 19.7 Å². The van der Waals surface area contributed by atoms with Crippen molar-refractivity contribution >= 4 is 17.5 Å². The van der Waals surface area contributed by atoms with Crippen LogP contribution >= 0.6 is 11.6 Å². The summed E-state index contributed by atoms with van der Waals surface area (Å²) in [7, 11) is 0. The van der Waals surface area contributed by atoms with E-state index in [1.165, 1.54) is 12.8 Å². The number of amides is 1. The van der Waals surface area contributed by atoms with Gasteiger partial charge in [0.1, 0.15) is 6.61 Å². The molecule has 3 nitrogen and oxygen atoms in total. The molecule has 0 unspecified atom stereocenters. The molecule has 2 rings (SSSR count). The summed E-state index contributed by atoms with van der Waals surface area (Å²) >= 11 is 6.15. The number of nitrogens with zero attached hydrogens (tertiary/aromatic N) is 1. The molecule has 0 spiro atoms. The summed E-state index contributed by atoms with van der Waals surface area (Å²) in [5, 5.41) is 9.15. The number of aliphatic hydroxyl groups excluding tert-OH is 1. The lowest BCUT2D eigenvalue weighted by Gasteiger charge is -2.22. The highest BCUT2D eigenvalue weighted by Gasteiger charge is 2.27. The Morgan fingerprint density at radius 3 is 2.81 bits per heavy atom. The van der Waals surface area contributed by atoms with Crippen molar-refractivity contribution in [3.8, 4) is 11.8 Å². The Balaban J connectivity index is 2.14. The van der Waals surface area contributed by atoms with E-state index in [2.05, 4.69) is 18.8 Å². The van der Waals surface area contributed by atoms with Crippen LogP contribution in [0.4, 0.5) is 0 Å². The SMILES string of the molecule is CCCN(CC1CC1)C(=O)c1ccc(C#CCO)c(Cl)c1. The fourth-order valence-electron chi connectivity index (χ4n) is 2.22. The maximum atomic E-state index is 12.6. The van der Waals surface area contributed by atoms with Gasteiger partial charge in [0.15, 0.2) is 0 Å². The lowest BCUT2D eigenvalue weighted by atomic mass is 10.1. The van der Waals surface area contributed by atoms with Gasteiger partial charge in [0.25, 0.3) is 5.91 Å². The predicted octanol–water partition coefficient (Wildman–Crippen LogP) is 2.95. The first-order valence-electron chi connectivity index (χ1n) is 7.34. The molecule has 0 radical (unpaired) electrons. The van der Waals surface area contributed by atoms with Crippen LogP contribution in [0, 0.1) is 17.8 Å². The standard InChI is InChI=1S/C17H20ClNO2/c1-2-9-19(12-13-5-6-13)17(21)15-8-7-14(4-3-10-20)16(18)11-15/h7-8,11,13,20H,2,5-6,9-10,12H2,1H3. The number of carbonyl (C=O) groups is 1. The van der Waals surface area contributed by atoms with E-state index in [0.717, 1.165) is 19.5 Å². The molecule has 0 atom stereocenters. The third-order valence-corrected chi connectivity index (χ3v) is 3.79. The van der Waals surface area contributed by atoms with E-state index in [0.29, 0.717) is 22.1 Å². The lowest BCUT2D eigenvalue weighted by molar-refractivity contribution is 0.0747. The third-order valence-electron chi connectivity index (χ3n) is 3.47. The van der Waals surface area contributed by atoms with Crippen molar-refractivity contribution in [2.45, 2.75) is 26.2 Å². The molecule has 1 aromatic carbocycles. The van der Waals surface area contributed by atoms with Gasteiger partial charge >= 0.3 is 0 Å². The van der Waals surface area contributed by atoms with Gasteiger partial charge < -0.3 is 10.0 Å². The first-order valence-corrected chi connectivity index (χ1v) is 7.72. The highest BCUT2D eigenvalue weighted by atomic mass is 35.5. The Morgan fingerprint density at radius 2 is 2.24 bits per heavy atom. The lowest BCUT2D eigenvalue weighted by Crippen LogP contribution is -2.33. The number of hydrogen-bond donors (Lipinski definition) is 1. The largest absolute Gasteiger partial charge is 0.384 e. The topological polar surface area (TPSA) is 40.5 Å². The van der Waals surface area contributed by atoms with E-state index in [4.69, 9.17) is 16.7 Å². The molecule has 1 N–H and O–H groups in total. The van der Waals surface area contributed by atoms with E-state index in [9.17, 15) is 4.79 Å². The molecule has 1 amide bonds. The van der Waals surface area contributed by atoms with Crippen LogP contribution in [0.3, 0.4) is 0 Å². The van der Waals surface area contributed by atoms with Crippen molar-refractivity contribution in [3.05, 3.63) is 34.3 Å². The molecule has 21 heavy (non-hydrogen) atoms. The molecule has 1 aromatic rings. The van der Waals surface area contributed by atoms with Crippen LogP contribution in [-0.2, 0) is 0 Å². The van der Waals surface area contributed by atoms with Gasteiger partial charge in [-0.15, -0.1) is 0 Å². The number of hydrogen-bond acceptors (Lipinski definition) is 2. The minimum absolute atomic E-state index is 0.0346. The average molecular weight is 306 g/mol. The summed E-state index contributed by atoms with van der Waals surface area (Å²) in [6.07, 6.45) is 3.40. The van der Waals surface area contributed by atoms with E-state index in [1.807, 2.05) is 4.90 Å². The monoisotopic (exact) mass is 305 g/mol. The summed E-state index contributed by atoms with van der Waals surface area (Å²) in [6, 6.07) is 5.16. The summed E-state index contributed by atoms with van der Waals surface area (Å²) in [5.41, 5.74) is 1.23. The Kier molecular flexibility index (Phi) is 5.67. The minimum Gasteiger partial charge on any atom is -0.384 e. The zero-order chi connectivity index (χ0) is 15.2. The molecule has 1 fully saturated rings. The third kappa shape index (κ3) is 4.49. The number of carbonyl (C=O) groups excluding carboxylic acids is 1. The van der Waals surface area contributed by atoms with E-state index < -0.39 is 0 Å². The second kappa shape index (κ2) is 7.49. The highest BCUT2D eigenvalue weighted by molar-refractivity contribution is 6.32. The van der Waals surface area contributed by atoms with E-state index in [-0.39, 0.29) is 12.5 Å². The van der Waals surface area contributed by atoms with Crippen molar-refractivity contribution < 1.29 is 9.90 Å². The summed E-state index contributed by atoms with van der Waals surface area (Å²) in [5.74, 6) is 6.03. The first-order chi connectivity index (χ1) is 10.2. The van der Waals surface area contributed by atoms with Crippen molar-refractivity contribution in [2.24, 2.45) is 5.92 Å². The molecule has 0 aromatic heterocycles. The van der Waals surface area contributed by atoms with Crippen LogP contribution in [-0.4, -0.2) is 35.6 Å². The van der Waals surface area contributed by atoms with Crippen LogP contribution in [0.1, 0.15) is 42.1 Å². The molecular weight excluding hydrogens is 286 g/mol. The van der Waals surface area contributed by atoms with Gasteiger partial charge in [0.2, 0.25) is 0 Å². The van der Waals surface area contributed by atoms with Gasteiger partial charge in [-0.3, -0.25) is 4.79 Å². The molecule has 0 saturated heterocycles. The average Bonchev–Trinajstić information content (AvgIpc) is 3.29. The summed E-state index contributed by atoms with van der Waals surface area (Å²) in [4.78, 5) is 14.5. The maximum Gasteiger partial charge on any atom is 0.253 e. The molecule has 1 aliphatic carbocycles. The van der Waals surface area contributed by atoms with Crippen LogP contribution in [0.5, 0.6) is 0 Å². The van der Waals surface area contributed by atoms with Gasteiger partial charge in [0, 0.05) is 24.2 Å². The van der Waals surface area contributed by atoms with Crippen LogP contribution in [0.15, 0.2) is 18.2 Å². The zero-order valence-corrected chi connectivity index (χ0v) is 13.0. The molecular formula is C17H20ClNO2. The molecule has 112 valence electrons. The quantitative estimate of drug-likeness (QED) is 0.850. The summed E-state index contributed by atoms with van der Waals surface area (Å²) in [6.45, 7) is 3.49. The molecule has 1 aliphatic rings. The van der Waals surface area contributed by atoms with Gasteiger partial charge in [-0.05, 0) is 43.4 Å². The molecule has 0 bridgehead atoms. The van der Waals surface area contributed by atoms with Gasteiger partial charge in [0.05, 0.1) is 5.02 Å². The fraction of sp³-hybridized carbons (Fsp3) is 0.471. The Labute approximate surface area is 130 Å². The van der Waals surface area contributed by atoms with Gasteiger partial charge in [-0.1, -0.05) is 30.4 Å². The van der Waals surface area contributed by atoms with E-state index >= 15 is 0 Å². The second-order valence-electron chi connectivity index (χ2n) is 5.35. The minimum atomic E-state index is -0.206. The van der Waals surface area contributed by atoms with Crippen LogP contribution < -0.4 is 0 Å². The number of halogens is 1. The maximum absolute atomic E-state index is 12.6. The molecule has 0 aliphatic heterocycles. The second-order valence-corrected chi connectivity index (χ2v) is 5.76. The number of benzene rings is 1. The molecule has 1 saturated carbocycles. The van der Waals surface area contributed by atoms with Crippen molar-refractivity contribution in [1.29, 1.82) is 0 Å². The molecule has 0 heterocycles. The normalized spacial score (nSPS) is 13.5. The molecule has 4 heteroatoms. The number of aliphatic hydroxyl groups is 1. The Hall–Kier alpha value is -1.50. The van der Waals surface area contributed by atoms with Gasteiger partial charge in [-0.25, -0.2) is 0 Å². The summed E-state index contributed by atoms with van der Waals surface area (Å²) < 4.78 is 0. The Morgan fingerprint density at radius 1 is 1.48 bits per heavy atom. The first kappa shape index (κ1) is 15.9. The van der Waals surface area contributed by atoms with Gasteiger partial charge in [-0.2, -0.15) is 0 Å². The number of rotatable bonds is 5. The smallest absolute Gasteiger partial charge is 0.253 e. The predicted molar refractivity (Wildman–Crippen MR) is 84.3 cm³/mol. The van der Waals surface area contributed by atoms with Crippen LogP contribution in [0.25, 0.3) is 0 Å². The Bertz CT molecular complexity index is 570. The highest BCUT2D eigenvalue weighted by Crippen LogP contribution is 2.30. The van der Waals surface area contributed by atoms with Crippen molar-refractivity contribution in [3.63, 3.8) is 0 Å². The fourth-order valence-corrected chi connectivity index (χ4v) is 2.45. The van der Waals surface area contributed by atoms with Crippen LogP contribution in [0.2, 0.25) is 5.02 Å². The van der Waals surface area contributed by atoms with E-state index in [1.54, 1.807) is 18.2 Å². The zero-order valence-electron chi connectivity index (χ0n) is 12.2.